The molecule has 0 aliphatic carbocycles. The van der Waals surface area contributed by atoms with Crippen LogP contribution in [0.3, 0.4) is 0 Å². The normalized spacial score (nSPS) is 10.9. The van der Waals surface area contributed by atoms with Gasteiger partial charge in [0, 0.05) is 52.4 Å². The smallest absolute Gasteiger partial charge is 0.412 e. The Morgan fingerprint density at radius 3 is 1.41 bits per heavy atom. The van der Waals surface area contributed by atoms with Gasteiger partial charge in [-0.05, 0) is 139 Å². The van der Waals surface area contributed by atoms with Gasteiger partial charge in [-0.3, -0.25) is 30.0 Å². The fourth-order valence-corrected chi connectivity index (χ4v) is 4.58. The lowest BCUT2D eigenvalue weighted by atomic mass is 10.1. The molecule has 0 aliphatic heterocycles. The topological polar surface area (TPSA) is 174 Å². The minimum Gasteiger partial charge on any atom is -0.444 e. The van der Waals surface area contributed by atoms with E-state index in [0.29, 0.717) is 39.6 Å². The Kier molecular flexibility index (Phi) is 13.1. The van der Waals surface area contributed by atoms with Crippen molar-refractivity contribution < 1.29 is 38.2 Å². The lowest BCUT2D eigenvalue weighted by Gasteiger charge is -2.19. The molecule has 54 heavy (non-hydrogen) atoms. The maximum absolute atomic E-state index is 12.5. The molecule has 4 aromatic carbocycles. The van der Waals surface area contributed by atoms with E-state index in [1.54, 1.807) is 133 Å². The van der Waals surface area contributed by atoms with Crippen molar-refractivity contribution in [2.45, 2.75) is 59.7 Å². The number of ether oxygens (including phenoxy) is 3. The second-order valence-corrected chi connectivity index (χ2v) is 13.8. The van der Waals surface area contributed by atoms with E-state index in [1.165, 1.54) is 6.92 Å². The van der Waals surface area contributed by atoms with E-state index < -0.39 is 29.4 Å². The third-order valence-electron chi connectivity index (χ3n) is 6.82. The van der Waals surface area contributed by atoms with E-state index in [2.05, 4.69) is 26.3 Å². The van der Waals surface area contributed by atoms with Gasteiger partial charge in [-0.2, -0.15) is 0 Å². The van der Waals surface area contributed by atoms with Gasteiger partial charge in [-0.1, -0.05) is 6.07 Å². The van der Waals surface area contributed by atoms with Crippen LogP contribution < -0.4 is 26.0 Å². The van der Waals surface area contributed by atoms with Crippen molar-refractivity contribution in [3.05, 3.63) is 120 Å². The van der Waals surface area contributed by atoms with Crippen LogP contribution in [0.25, 0.3) is 10.9 Å². The predicted molar refractivity (Wildman–Crippen MR) is 208 cm³/mol. The van der Waals surface area contributed by atoms with Crippen molar-refractivity contribution in [2.24, 2.45) is 0 Å². The molecular weight excluding hydrogens is 690 g/mol. The van der Waals surface area contributed by atoms with Crippen LogP contribution in [0, 0.1) is 0 Å². The number of hydrogen-bond acceptors (Lipinski definition) is 9. The largest absolute Gasteiger partial charge is 0.444 e. The number of rotatable bonds is 7. The zero-order chi connectivity index (χ0) is 39.5. The Bertz CT molecular complexity index is 2100. The number of pyridine rings is 1. The number of amides is 4. The molecule has 1 heterocycles. The number of esters is 1. The molecule has 4 amide bonds. The Balaban J connectivity index is 0.000000241. The molecule has 5 rings (SSSR count). The molecule has 1 aromatic heterocycles. The number of carbonyl (C=O) groups excluding carboxylic acids is 5. The predicted octanol–water partition coefficient (Wildman–Crippen LogP) is 9.05. The first-order valence-electron chi connectivity index (χ1n) is 16.9. The van der Waals surface area contributed by atoms with Gasteiger partial charge in [-0.25, -0.2) is 9.59 Å². The molecule has 0 unspecified atom stereocenters. The number of fused-ring (bicyclic) bond motifs is 1. The molecule has 0 atom stereocenters. The Hall–Kier alpha value is -6.76. The Morgan fingerprint density at radius 1 is 0.537 bits per heavy atom. The maximum atomic E-state index is 12.5. The molecule has 0 bridgehead atoms. The third kappa shape index (κ3) is 13.4. The zero-order valence-corrected chi connectivity index (χ0v) is 31.1. The summed E-state index contributed by atoms with van der Waals surface area (Å²) in [7, 11) is 0. The van der Waals surface area contributed by atoms with Crippen LogP contribution in [0.1, 0.15) is 69.2 Å². The van der Waals surface area contributed by atoms with E-state index in [0.717, 1.165) is 10.9 Å². The fraction of sp³-hybridized carbons (Fsp3) is 0.220. The number of benzene rings is 4. The van der Waals surface area contributed by atoms with Crippen molar-refractivity contribution in [2.75, 3.05) is 21.3 Å². The quantitative estimate of drug-likeness (QED) is 0.0940. The molecule has 0 fully saturated rings. The third-order valence-corrected chi connectivity index (χ3v) is 6.82. The summed E-state index contributed by atoms with van der Waals surface area (Å²) >= 11 is 0. The van der Waals surface area contributed by atoms with Crippen LogP contribution in [-0.2, 0) is 14.3 Å². The zero-order valence-electron chi connectivity index (χ0n) is 31.1. The van der Waals surface area contributed by atoms with Gasteiger partial charge in [0.15, 0.2) is 0 Å². The number of anilines is 4. The molecule has 13 heteroatoms. The van der Waals surface area contributed by atoms with Gasteiger partial charge in [0.25, 0.3) is 11.8 Å². The SMILES string of the molecule is CC(=O)Oc1ccc(C(=O)Nc2ccc(NC(=O)OC(C)(C)C)cc2)cc1.CC(C)(C)OC(=O)Nc1ccc(NC(=O)c2ccc3ncccc3c2)cc1. The minimum atomic E-state index is -0.580. The van der Waals surface area contributed by atoms with E-state index >= 15 is 0 Å². The lowest BCUT2D eigenvalue weighted by Crippen LogP contribution is -2.27. The van der Waals surface area contributed by atoms with Gasteiger partial charge < -0.3 is 24.8 Å². The monoisotopic (exact) mass is 733 g/mol. The van der Waals surface area contributed by atoms with Crippen molar-refractivity contribution in [1.82, 2.24) is 4.98 Å². The highest BCUT2D eigenvalue weighted by Gasteiger charge is 2.17. The number of nitrogens with zero attached hydrogens (tertiary/aromatic N) is 1. The summed E-state index contributed by atoms with van der Waals surface area (Å²) in [5.41, 5.74) is 2.99. The molecule has 5 aromatic rings. The molecule has 0 radical (unpaired) electrons. The molecule has 0 saturated carbocycles. The first-order chi connectivity index (χ1) is 25.4. The maximum Gasteiger partial charge on any atom is 0.412 e. The van der Waals surface area contributed by atoms with Crippen LogP contribution in [0.5, 0.6) is 5.75 Å². The fourth-order valence-electron chi connectivity index (χ4n) is 4.58. The van der Waals surface area contributed by atoms with Crippen LogP contribution in [-0.4, -0.2) is 46.2 Å². The van der Waals surface area contributed by atoms with Crippen molar-refractivity contribution in [3.8, 4) is 5.75 Å². The summed E-state index contributed by atoms with van der Waals surface area (Å²) in [6, 6.07) is 28.8. The van der Waals surface area contributed by atoms with Gasteiger partial charge in [0.05, 0.1) is 5.52 Å². The summed E-state index contributed by atoms with van der Waals surface area (Å²) in [5, 5.41) is 11.8. The second-order valence-electron chi connectivity index (χ2n) is 13.8. The summed E-state index contributed by atoms with van der Waals surface area (Å²) in [5.74, 6) is -0.574. The molecule has 280 valence electrons. The van der Waals surface area contributed by atoms with Gasteiger partial charge in [0.2, 0.25) is 0 Å². The molecule has 4 N–H and O–H groups in total. The highest BCUT2D eigenvalue weighted by atomic mass is 16.6. The lowest BCUT2D eigenvalue weighted by molar-refractivity contribution is -0.131. The number of aromatic nitrogens is 1. The Morgan fingerprint density at radius 2 is 0.963 bits per heavy atom. The first-order valence-corrected chi connectivity index (χ1v) is 16.9. The van der Waals surface area contributed by atoms with Crippen LogP contribution in [0.4, 0.5) is 32.3 Å². The number of carbonyl (C=O) groups is 5. The number of hydrogen-bond donors (Lipinski definition) is 4. The van der Waals surface area contributed by atoms with E-state index in [4.69, 9.17) is 14.2 Å². The second kappa shape index (κ2) is 17.6. The minimum absolute atomic E-state index is 0.214. The summed E-state index contributed by atoms with van der Waals surface area (Å²) in [4.78, 5) is 63.4. The molecule has 13 nitrogen and oxygen atoms in total. The van der Waals surface area contributed by atoms with Crippen molar-refractivity contribution in [3.63, 3.8) is 0 Å². The highest BCUT2D eigenvalue weighted by Crippen LogP contribution is 2.20. The van der Waals surface area contributed by atoms with Gasteiger partial charge >= 0.3 is 18.2 Å². The summed E-state index contributed by atoms with van der Waals surface area (Å²) in [6.45, 7) is 12.1. The number of nitrogens with one attached hydrogen (secondary N) is 4. The Labute approximate surface area is 313 Å². The van der Waals surface area contributed by atoms with Crippen LogP contribution in [0.15, 0.2) is 109 Å². The summed E-state index contributed by atoms with van der Waals surface area (Å²) < 4.78 is 15.3. The molecular formula is C41H43N5O8. The van der Waals surface area contributed by atoms with Gasteiger partial charge in [-0.15, -0.1) is 0 Å². The highest BCUT2D eigenvalue weighted by molar-refractivity contribution is 6.06. The standard InChI is InChI=1S/C21H21N3O3.C20H22N2O5/c1-21(2,3)27-20(26)24-17-9-7-16(8-10-17)23-19(25)15-6-11-18-14(13-15)5-4-12-22-18;1-13(23)26-17-11-5-14(6-12-17)18(24)21-15-7-9-16(10-8-15)22-19(25)27-20(2,3)4/h4-13H,1-3H3,(H,23,25)(H,24,26);5-12H,1-4H3,(H,21,24)(H,22,25). The van der Waals surface area contributed by atoms with Crippen LogP contribution in [0.2, 0.25) is 0 Å². The summed E-state index contributed by atoms with van der Waals surface area (Å²) in [6.07, 6.45) is 0.644. The average Bonchev–Trinajstić information content (AvgIpc) is 3.08. The van der Waals surface area contributed by atoms with Crippen LogP contribution >= 0.6 is 0 Å². The van der Waals surface area contributed by atoms with E-state index in [1.807, 2.05) is 18.2 Å². The van der Waals surface area contributed by atoms with Crippen molar-refractivity contribution >= 4 is 63.6 Å². The molecule has 0 aliphatic rings. The average molecular weight is 734 g/mol. The first kappa shape index (κ1) is 40.0. The van der Waals surface area contributed by atoms with E-state index in [-0.39, 0.29) is 11.8 Å². The molecule has 0 saturated heterocycles. The van der Waals surface area contributed by atoms with Gasteiger partial charge in [0.1, 0.15) is 17.0 Å². The van der Waals surface area contributed by atoms with Crippen molar-refractivity contribution in [1.29, 1.82) is 0 Å². The molecule has 0 spiro atoms. The van der Waals surface area contributed by atoms with E-state index in [9.17, 15) is 24.0 Å².